The Morgan fingerprint density at radius 2 is 1.59 bits per heavy atom. The summed E-state index contributed by atoms with van der Waals surface area (Å²) in [5, 5.41) is 0. The number of halogens is 6. The number of benzene rings is 2. The van der Waals surface area contributed by atoms with Crippen LogP contribution >= 0.6 is 0 Å². The monoisotopic (exact) mass is 691 g/mol. The molecule has 2 aliphatic heterocycles. The Morgan fingerprint density at radius 3 is 2.18 bits per heavy atom. The number of methoxy groups -OCH3 is 1. The van der Waals surface area contributed by atoms with Crippen molar-refractivity contribution in [1.29, 1.82) is 0 Å². The Morgan fingerprint density at radius 1 is 0.959 bits per heavy atom. The molecule has 1 aromatic heterocycles. The van der Waals surface area contributed by atoms with Crippen LogP contribution in [0.2, 0.25) is 0 Å². The highest BCUT2D eigenvalue weighted by Gasteiger charge is 2.38. The first-order valence-electron chi connectivity index (χ1n) is 15.7. The Balaban J connectivity index is 1.51. The summed E-state index contributed by atoms with van der Waals surface area (Å²) in [6.45, 7) is 3.17. The van der Waals surface area contributed by atoms with E-state index in [1.54, 1.807) is 30.0 Å². The Labute approximate surface area is 279 Å². The van der Waals surface area contributed by atoms with E-state index >= 15 is 0 Å². The molecular formula is C34H35F6N5O4. The maximum absolute atomic E-state index is 14.4. The molecule has 9 nitrogen and oxygen atoms in total. The number of anilines is 2. The standard InChI is InChI=1S/C34H35F6N5O4/c1-3-49-31(47)23-8-10-43(11-9-23)28-18-41-32(42-19-28)45(20-22-14-26(33(35,36)37)17-27(15-22)34(38,39)40)30(46)29-16-24-6-4-5-7-25(24)21-44(29)12-13-48-2/h4-7,14-19,23H,3,8-13,20-21H2,1-2H3. The lowest BCUT2D eigenvalue weighted by molar-refractivity contribution is -0.148. The van der Waals surface area contributed by atoms with Crippen molar-refractivity contribution in [3.05, 3.63) is 88.4 Å². The first kappa shape index (κ1) is 35.6. The summed E-state index contributed by atoms with van der Waals surface area (Å²) in [5.74, 6) is -1.44. The fourth-order valence-corrected chi connectivity index (χ4v) is 5.86. The van der Waals surface area contributed by atoms with Gasteiger partial charge in [0.1, 0.15) is 5.70 Å². The molecule has 3 aromatic rings. The molecule has 1 fully saturated rings. The third kappa shape index (κ3) is 8.50. The van der Waals surface area contributed by atoms with E-state index in [0.717, 1.165) is 16.0 Å². The minimum absolute atomic E-state index is 0.0408. The predicted molar refractivity (Wildman–Crippen MR) is 168 cm³/mol. The van der Waals surface area contributed by atoms with Gasteiger partial charge in [-0.1, -0.05) is 24.3 Å². The molecule has 0 spiro atoms. The molecule has 1 amide bonds. The van der Waals surface area contributed by atoms with Crippen molar-refractivity contribution >= 4 is 29.6 Å². The van der Waals surface area contributed by atoms with Crippen molar-refractivity contribution in [3.63, 3.8) is 0 Å². The van der Waals surface area contributed by atoms with Gasteiger partial charge >= 0.3 is 18.3 Å². The van der Waals surface area contributed by atoms with Crippen LogP contribution in [0.1, 0.15) is 47.6 Å². The number of rotatable bonds is 10. The molecule has 3 heterocycles. The Kier molecular flexibility index (Phi) is 10.8. The highest BCUT2D eigenvalue weighted by molar-refractivity contribution is 6.07. The molecule has 15 heteroatoms. The van der Waals surface area contributed by atoms with E-state index in [9.17, 15) is 35.9 Å². The average molecular weight is 692 g/mol. The Bertz CT molecular complexity index is 1640. The van der Waals surface area contributed by atoms with Gasteiger partial charge in [-0.05, 0) is 60.7 Å². The van der Waals surface area contributed by atoms with Crippen LogP contribution in [0, 0.1) is 5.92 Å². The van der Waals surface area contributed by atoms with E-state index in [1.165, 1.54) is 19.5 Å². The quantitative estimate of drug-likeness (QED) is 0.180. The van der Waals surface area contributed by atoms with E-state index < -0.39 is 41.5 Å². The second kappa shape index (κ2) is 14.8. The van der Waals surface area contributed by atoms with Crippen LogP contribution in [0.4, 0.5) is 38.0 Å². The lowest BCUT2D eigenvalue weighted by Gasteiger charge is -2.34. The summed E-state index contributed by atoms with van der Waals surface area (Å²) < 4.78 is 92.9. The number of ether oxygens (including phenoxy) is 2. The van der Waals surface area contributed by atoms with Gasteiger partial charge in [-0.25, -0.2) is 9.97 Å². The van der Waals surface area contributed by atoms with Gasteiger partial charge in [0.05, 0.1) is 54.9 Å². The highest BCUT2D eigenvalue weighted by Crippen LogP contribution is 2.37. The third-order valence-corrected chi connectivity index (χ3v) is 8.41. The lowest BCUT2D eigenvalue weighted by Crippen LogP contribution is -2.41. The minimum atomic E-state index is -5.07. The summed E-state index contributed by atoms with van der Waals surface area (Å²) in [4.78, 5) is 39.9. The van der Waals surface area contributed by atoms with Gasteiger partial charge in [0.25, 0.3) is 5.91 Å². The first-order valence-corrected chi connectivity index (χ1v) is 15.7. The largest absolute Gasteiger partial charge is 0.466 e. The van der Waals surface area contributed by atoms with E-state index in [0.29, 0.717) is 50.3 Å². The predicted octanol–water partition coefficient (Wildman–Crippen LogP) is 6.33. The van der Waals surface area contributed by atoms with Crippen LogP contribution in [0.25, 0.3) is 6.08 Å². The zero-order valence-electron chi connectivity index (χ0n) is 26.9. The zero-order chi connectivity index (χ0) is 35.3. The number of esters is 1. The molecule has 0 aliphatic carbocycles. The van der Waals surface area contributed by atoms with Crippen molar-refractivity contribution in [2.75, 3.05) is 49.8 Å². The fraction of sp³-hybridized carbons (Fsp3) is 0.412. The number of alkyl halides is 6. The Hall–Kier alpha value is -4.66. The maximum atomic E-state index is 14.4. The molecule has 0 bridgehead atoms. The van der Waals surface area contributed by atoms with E-state index in [-0.39, 0.29) is 49.4 Å². The molecule has 0 atom stereocenters. The second-order valence-electron chi connectivity index (χ2n) is 11.7. The van der Waals surface area contributed by atoms with Crippen molar-refractivity contribution in [3.8, 4) is 0 Å². The summed E-state index contributed by atoms with van der Waals surface area (Å²) in [6.07, 6.45) is -4.57. The third-order valence-electron chi connectivity index (χ3n) is 8.41. The normalized spacial score (nSPS) is 15.5. The lowest BCUT2D eigenvalue weighted by atomic mass is 9.97. The van der Waals surface area contributed by atoms with E-state index in [1.807, 2.05) is 17.0 Å². The van der Waals surface area contributed by atoms with Crippen LogP contribution in [-0.4, -0.2) is 66.7 Å². The number of hydrogen-bond acceptors (Lipinski definition) is 8. The number of amides is 1. The molecule has 1 saturated heterocycles. The van der Waals surface area contributed by atoms with Gasteiger partial charge in [0.15, 0.2) is 0 Å². The van der Waals surface area contributed by atoms with Gasteiger partial charge in [-0.2, -0.15) is 26.3 Å². The second-order valence-corrected chi connectivity index (χ2v) is 11.7. The summed E-state index contributed by atoms with van der Waals surface area (Å²) in [5.41, 5.74) is -1.04. The van der Waals surface area contributed by atoms with Gasteiger partial charge in [-0.3, -0.25) is 14.5 Å². The van der Waals surface area contributed by atoms with Crippen LogP contribution in [0.15, 0.2) is 60.6 Å². The minimum Gasteiger partial charge on any atom is -0.466 e. The maximum Gasteiger partial charge on any atom is 0.416 e. The molecule has 0 radical (unpaired) electrons. The van der Waals surface area contributed by atoms with Crippen molar-refractivity contribution in [2.45, 2.75) is 45.2 Å². The zero-order valence-corrected chi connectivity index (χ0v) is 26.9. The number of fused-ring (bicyclic) bond motifs is 1. The first-order chi connectivity index (χ1) is 23.3. The topological polar surface area (TPSA) is 88.1 Å². The number of carbonyl (C=O) groups excluding carboxylic acids is 2. The van der Waals surface area contributed by atoms with Crippen molar-refractivity contribution in [2.24, 2.45) is 5.92 Å². The SMILES string of the molecule is CCOC(=O)C1CCN(c2cnc(N(Cc3cc(C(F)(F)F)cc(C(F)(F)F)c3)C(=O)C3=Cc4ccccc4CN3CCOC)nc2)CC1. The van der Waals surface area contributed by atoms with E-state index in [4.69, 9.17) is 9.47 Å². The van der Waals surface area contributed by atoms with Gasteiger partial charge in [0.2, 0.25) is 5.95 Å². The number of hydrogen-bond donors (Lipinski definition) is 0. The van der Waals surface area contributed by atoms with Crippen molar-refractivity contribution < 1.29 is 45.4 Å². The van der Waals surface area contributed by atoms with Crippen LogP contribution in [-0.2, 0) is 44.5 Å². The average Bonchev–Trinajstić information content (AvgIpc) is 3.08. The number of piperidine rings is 1. The summed E-state index contributed by atoms with van der Waals surface area (Å²) >= 11 is 0. The molecular weight excluding hydrogens is 656 g/mol. The molecule has 0 saturated carbocycles. The molecule has 0 N–H and O–H groups in total. The number of aromatic nitrogens is 2. The van der Waals surface area contributed by atoms with Crippen LogP contribution in [0.3, 0.4) is 0 Å². The molecule has 262 valence electrons. The van der Waals surface area contributed by atoms with Crippen LogP contribution in [0.5, 0.6) is 0 Å². The molecule has 49 heavy (non-hydrogen) atoms. The van der Waals surface area contributed by atoms with Gasteiger partial charge in [0, 0.05) is 33.3 Å². The molecule has 0 unspecified atom stereocenters. The molecule has 2 aromatic carbocycles. The highest BCUT2D eigenvalue weighted by atomic mass is 19.4. The van der Waals surface area contributed by atoms with Gasteiger partial charge < -0.3 is 19.3 Å². The smallest absolute Gasteiger partial charge is 0.416 e. The fourth-order valence-electron chi connectivity index (χ4n) is 5.86. The number of carbonyl (C=O) groups is 2. The van der Waals surface area contributed by atoms with E-state index in [2.05, 4.69) is 9.97 Å². The van der Waals surface area contributed by atoms with Crippen molar-refractivity contribution in [1.82, 2.24) is 14.9 Å². The molecule has 5 rings (SSSR count). The van der Waals surface area contributed by atoms with Gasteiger partial charge in [-0.15, -0.1) is 0 Å². The summed E-state index contributed by atoms with van der Waals surface area (Å²) in [7, 11) is 1.50. The number of nitrogens with zero attached hydrogens (tertiary/aromatic N) is 5. The van der Waals surface area contributed by atoms with Crippen LogP contribution < -0.4 is 9.80 Å². The summed E-state index contributed by atoms with van der Waals surface area (Å²) in [6, 6.07) is 8.55. The molecule has 2 aliphatic rings.